The van der Waals surface area contributed by atoms with Crippen molar-refractivity contribution in [3.05, 3.63) is 69.1 Å². The molecule has 0 bridgehead atoms. The van der Waals surface area contributed by atoms with Gasteiger partial charge in [-0.05, 0) is 75.7 Å². The number of amides is 2. The SMILES string of the molecule is CNc1c(Cl)cc(C[C@@H](CC(=O)N2CCC(n3nc(-c4ccccc4)[nH]c3=O)CC2)C(=O)N2CCC(N3CCCCC3)CC2)cc1C(F)(F)F. The highest BCUT2D eigenvalue weighted by Crippen LogP contribution is 2.40. The van der Waals surface area contributed by atoms with E-state index in [9.17, 15) is 27.6 Å². The van der Waals surface area contributed by atoms with E-state index in [0.29, 0.717) is 50.9 Å². The fourth-order valence-electron chi connectivity index (χ4n) is 7.79. The zero-order valence-corrected chi connectivity index (χ0v) is 29.1. The molecule has 3 aliphatic heterocycles. The maximum Gasteiger partial charge on any atom is 0.418 e. The summed E-state index contributed by atoms with van der Waals surface area (Å²) in [5.74, 6) is -0.832. The lowest BCUT2D eigenvalue weighted by Gasteiger charge is -2.41. The van der Waals surface area contributed by atoms with Gasteiger partial charge in [0.05, 0.1) is 28.2 Å². The molecule has 2 amide bonds. The Morgan fingerprint density at radius 2 is 1.58 bits per heavy atom. The zero-order valence-electron chi connectivity index (χ0n) is 28.4. The lowest BCUT2D eigenvalue weighted by atomic mass is 9.91. The first kappa shape index (κ1) is 36.0. The largest absolute Gasteiger partial charge is 0.418 e. The summed E-state index contributed by atoms with van der Waals surface area (Å²) in [6.07, 6.45) is 1.43. The van der Waals surface area contributed by atoms with Crippen LogP contribution in [0.2, 0.25) is 5.02 Å². The number of anilines is 1. The second-order valence-electron chi connectivity index (χ2n) is 13.7. The minimum atomic E-state index is -4.66. The summed E-state index contributed by atoms with van der Waals surface area (Å²) in [7, 11) is 1.38. The molecule has 2 N–H and O–H groups in total. The molecule has 3 aliphatic rings. The Balaban J connectivity index is 1.15. The van der Waals surface area contributed by atoms with Gasteiger partial charge in [-0.25, -0.2) is 9.48 Å². The Hall–Kier alpha value is -3.84. The van der Waals surface area contributed by atoms with E-state index in [0.717, 1.165) is 37.6 Å². The van der Waals surface area contributed by atoms with Crippen LogP contribution in [0.15, 0.2) is 47.3 Å². The van der Waals surface area contributed by atoms with E-state index in [4.69, 9.17) is 11.6 Å². The summed E-state index contributed by atoms with van der Waals surface area (Å²) >= 11 is 6.31. The van der Waals surface area contributed by atoms with Gasteiger partial charge in [0.15, 0.2) is 5.82 Å². The number of carbonyl (C=O) groups is 2. The van der Waals surface area contributed by atoms with Crippen LogP contribution in [0.4, 0.5) is 18.9 Å². The third-order valence-electron chi connectivity index (χ3n) is 10.5. The van der Waals surface area contributed by atoms with Crippen molar-refractivity contribution < 1.29 is 22.8 Å². The van der Waals surface area contributed by atoms with Crippen molar-refractivity contribution >= 4 is 29.1 Å². The number of alkyl halides is 3. The number of aromatic amines is 1. The smallest absolute Gasteiger partial charge is 0.386 e. The van der Waals surface area contributed by atoms with Crippen molar-refractivity contribution in [1.29, 1.82) is 0 Å². The number of likely N-dealkylation sites (tertiary alicyclic amines) is 3. The molecule has 0 aliphatic carbocycles. The maximum atomic E-state index is 14.1. The van der Waals surface area contributed by atoms with E-state index < -0.39 is 17.7 Å². The number of nitrogens with zero attached hydrogens (tertiary/aromatic N) is 5. The van der Waals surface area contributed by atoms with Gasteiger partial charge in [0.1, 0.15) is 0 Å². The highest BCUT2D eigenvalue weighted by atomic mass is 35.5. The number of nitrogens with one attached hydrogen (secondary N) is 2. The Kier molecular flexibility index (Phi) is 11.2. The van der Waals surface area contributed by atoms with Gasteiger partial charge in [-0.2, -0.15) is 13.2 Å². The average Bonchev–Trinajstić information content (AvgIpc) is 3.52. The molecule has 0 radical (unpaired) electrons. The normalized spacial score (nSPS) is 19.1. The summed E-state index contributed by atoms with van der Waals surface area (Å²) < 4.78 is 43.5. The minimum Gasteiger partial charge on any atom is -0.386 e. The fraction of sp³-hybridized carbons (Fsp3) is 0.556. The predicted octanol–water partition coefficient (Wildman–Crippen LogP) is 5.84. The third kappa shape index (κ3) is 8.20. The van der Waals surface area contributed by atoms with Gasteiger partial charge in [0.25, 0.3) is 0 Å². The number of piperidine rings is 3. The topological polar surface area (TPSA) is 107 Å². The van der Waals surface area contributed by atoms with E-state index in [2.05, 4.69) is 20.3 Å². The number of hydrogen-bond acceptors (Lipinski definition) is 6. The molecule has 0 saturated carbocycles. The first-order chi connectivity index (χ1) is 24.0. The molecule has 3 aromatic rings. The van der Waals surface area contributed by atoms with Gasteiger partial charge in [-0.1, -0.05) is 48.4 Å². The first-order valence-electron chi connectivity index (χ1n) is 17.6. The van der Waals surface area contributed by atoms with Crippen LogP contribution in [0.5, 0.6) is 0 Å². The molecule has 14 heteroatoms. The second-order valence-corrected chi connectivity index (χ2v) is 14.1. The van der Waals surface area contributed by atoms with Crippen LogP contribution in [-0.2, 0) is 22.2 Å². The van der Waals surface area contributed by atoms with E-state index in [1.54, 1.807) is 9.80 Å². The monoisotopic (exact) mass is 715 g/mol. The molecule has 270 valence electrons. The summed E-state index contributed by atoms with van der Waals surface area (Å²) in [6.45, 7) is 3.97. The van der Waals surface area contributed by atoms with Crippen molar-refractivity contribution in [1.82, 2.24) is 29.5 Å². The summed E-state index contributed by atoms with van der Waals surface area (Å²) in [4.78, 5) is 49.5. The van der Waals surface area contributed by atoms with Crippen LogP contribution < -0.4 is 11.0 Å². The van der Waals surface area contributed by atoms with E-state index in [-0.39, 0.29) is 52.7 Å². The van der Waals surface area contributed by atoms with Gasteiger partial charge in [0, 0.05) is 51.3 Å². The number of benzene rings is 2. The van der Waals surface area contributed by atoms with E-state index in [1.165, 1.54) is 37.1 Å². The highest BCUT2D eigenvalue weighted by molar-refractivity contribution is 6.33. The molecule has 4 heterocycles. The fourth-order valence-corrected chi connectivity index (χ4v) is 8.13. The second kappa shape index (κ2) is 15.6. The zero-order chi connectivity index (χ0) is 35.4. The minimum absolute atomic E-state index is 0.0508. The van der Waals surface area contributed by atoms with Crippen molar-refractivity contribution in [2.24, 2.45) is 5.92 Å². The average molecular weight is 716 g/mol. The van der Waals surface area contributed by atoms with Crippen molar-refractivity contribution in [3.8, 4) is 11.4 Å². The standard InChI is InChI=1S/C36H45ClF3N7O3/c1-41-32-29(36(38,39)40)21-24(22-30(32)37)20-26(34(49)46-18-10-27(11-19-46)44-14-6-3-7-15-44)23-31(48)45-16-12-28(13-17-45)47-35(50)42-33(43-47)25-8-4-2-5-9-25/h2,4-5,8-9,21-22,26-28,41H,3,6-7,10-20,23H2,1H3,(H,42,43,50)/t26-/m0/s1. The highest BCUT2D eigenvalue weighted by Gasteiger charge is 2.37. The Morgan fingerprint density at radius 3 is 2.22 bits per heavy atom. The molecule has 10 nitrogen and oxygen atoms in total. The number of rotatable bonds is 9. The van der Waals surface area contributed by atoms with Crippen LogP contribution in [0.3, 0.4) is 0 Å². The molecule has 1 aromatic heterocycles. The van der Waals surface area contributed by atoms with Gasteiger partial charge in [-0.3, -0.25) is 14.6 Å². The molecule has 2 aromatic carbocycles. The van der Waals surface area contributed by atoms with Crippen LogP contribution in [-0.4, -0.2) is 93.6 Å². The van der Waals surface area contributed by atoms with E-state index in [1.807, 2.05) is 30.3 Å². The predicted molar refractivity (Wildman–Crippen MR) is 186 cm³/mol. The Bertz CT molecular complexity index is 1690. The van der Waals surface area contributed by atoms with Gasteiger partial charge >= 0.3 is 11.9 Å². The quantitative estimate of drug-likeness (QED) is 0.289. The number of carbonyl (C=O) groups excluding carboxylic acids is 2. The first-order valence-corrected chi connectivity index (χ1v) is 18.0. The molecule has 1 atom stereocenters. The van der Waals surface area contributed by atoms with Crippen molar-refractivity contribution in [2.75, 3.05) is 51.6 Å². The number of hydrogen-bond donors (Lipinski definition) is 2. The summed E-state index contributed by atoms with van der Waals surface area (Å²) in [6, 6.07) is 12.0. The lowest BCUT2D eigenvalue weighted by molar-refractivity contribution is -0.143. The van der Waals surface area contributed by atoms with Crippen LogP contribution in [0, 0.1) is 5.92 Å². The molecule has 0 unspecified atom stereocenters. The molecule has 6 rings (SSSR count). The van der Waals surface area contributed by atoms with Gasteiger partial charge < -0.3 is 20.0 Å². The maximum absolute atomic E-state index is 14.1. The number of H-pyrrole nitrogens is 1. The molecule has 3 fully saturated rings. The molecule has 3 saturated heterocycles. The number of aromatic nitrogens is 3. The van der Waals surface area contributed by atoms with E-state index >= 15 is 0 Å². The van der Waals surface area contributed by atoms with Crippen LogP contribution in [0.1, 0.15) is 68.5 Å². The summed E-state index contributed by atoms with van der Waals surface area (Å²) in [5, 5.41) is 6.97. The summed E-state index contributed by atoms with van der Waals surface area (Å²) in [5.41, 5.74) is -0.400. The Morgan fingerprint density at radius 1 is 0.940 bits per heavy atom. The lowest BCUT2D eigenvalue weighted by Crippen LogP contribution is -2.50. The van der Waals surface area contributed by atoms with Crippen molar-refractivity contribution in [3.63, 3.8) is 0 Å². The Labute approximate surface area is 294 Å². The molecular weight excluding hydrogens is 671 g/mol. The van der Waals surface area contributed by atoms with Crippen LogP contribution in [0.25, 0.3) is 11.4 Å². The molecule has 50 heavy (non-hydrogen) atoms. The van der Waals surface area contributed by atoms with Gasteiger partial charge in [-0.15, -0.1) is 5.10 Å². The third-order valence-corrected chi connectivity index (χ3v) is 10.8. The molecule has 0 spiro atoms. The van der Waals surface area contributed by atoms with Crippen molar-refractivity contribution in [2.45, 2.75) is 76.0 Å². The van der Waals surface area contributed by atoms with Gasteiger partial charge in [0.2, 0.25) is 11.8 Å². The van der Waals surface area contributed by atoms with Crippen LogP contribution >= 0.6 is 11.6 Å². The molecular formula is C36H45ClF3N7O3. The number of halogens is 4.